The minimum absolute atomic E-state index is 0.248. The first-order valence-corrected chi connectivity index (χ1v) is 5.76. The van der Waals surface area contributed by atoms with E-state index in [0.29, 0.717) is 24.3 Å². The second-order valence-corrected chi connectivity index (χ2v) is 3.84. The number of anilines is 1. The highest BCUT2D eigenvalue weighted by molar-refractivity contribution is 5.86. The Kier molecular flexibility index (Phi) is 3.72. The molecule has 96 valence electrons. The van der Waals surface area contributed by atoms with Crippen LogP contribution in [0.15, 0.2) is 29.8 Å². The summed E-state index contributed by atoms with van der Waals surface area (Å²) < 4.78 is 10.5. The number of nitrogens with one attached hydrogen (secondary N) is 1. The van der Waals surface area contributed by atoms with E-state index in [-0.39, 0.29) is 6.79 Å². The van der Waals surface area contributed by atoms with E-state index in [4.69, 9.17) is 14.6 Å². The molecular weight excluding hydrogens is 234 g/mol. The lowest BCUT2D eigenvalue weighted by molar-refractivity contribution is -0.132. The minimum atomic E-state index is -0.870. The summed E-state index contributed by atoms with van der Waals surface area (Å²) in [5.41, 5.74) is 1.28. The average molecular weight is 249 g/mol. The van der Waals surface area contributed by atoms with Crippen molar-refractivity contribution in [2.45, 2.75) is 13.3 Å². The molecule has 0 amide bonds. The summed E-state index contributed by atoms with van der Waals surface area (Å²) in [4.78, 5) is 10.8. The van der Waals surface area contributed by atoms with Gasteiger partial charge in [-0.1, -0.05) is 13.0 Å². The number of benzene rings is 1. The second kappa shape index (κ2) is 5.44. The standard InChI is InChI=1S/C13H15NO4/c1-2-9(13(15)16)5-6-14-10-3-4-11-12(7-10)18-8-17-11/h3-5,7,14H,2,6,8H2,1H3,(H,15,16)/b9-5-. The Morgan fingerprint density at radius 3 is 2.94 bits per heavy atom. The van der Waals surface area contributed by atoms with Crippen LogP contribution in [0.5, 0.6) is 11.5 Å². The van der Waals surface area contributed by atoms with Crippen molar-refractivity contribution in [1.82, 2.24) is 0 Å². The zero-order valence-corrected chi connectivity index (χ0v) is 10.1. The third-order valence-corrected chi connectivity index (χ3v) is 2.68. The molecule has 1 aromatic rings. The van der Waals surface area contributed by atoms with Crippen LogP contribution < -0.4 is 14.8 Å². The number of aliphatic carboxylic acids is 1. The Bertz CT molecular complexity index is 482. The summed E-state index contributed by atoms with van der Waals surface area (Å²) in [6.45, 7) is 2.54. The lowest BCUT2D eigenvalue weighted by Gasteiger charge is -2.05. The summed E-state index contributed by atoms with van der Waals surface area (Å²) in [7, 11) is 0. The lowest BCUT2D eigenvalue weighted by atomic mass is 10.2. The largest absolute Gasteiger partial charge is 0.478 e. The summed E-state index contributed by atoms with van der Waals surface area (Å²) in [5, 5.41) is 12.0. The minimum Gasteiger partial charge on any atom is -0.478 e. The van der Waals surface area contributed by atoms with Gasteiger partial charge in [-0.3, -0.25) is 0 Å². The van der Waals surface area contributed by atoms with Gasteiger partial charge in [-0.15, -0.1) is 0 Å². The maximum Gasteiger partial charge on any atom is 0.331 e. The molecule has 0 aliphatic carbocycles. The molecule has 0 radical (unpaired) electrons. The fourth-order valence-electron chi connectivity index (χ4n) is 1.68. The molecule has 18 heavy (non-hydrogen) atoms. The van der Waals surface area contributed by atoms with Gasteiger partial charge in [0.05, 0.1) is 0 Å². The fraction of sp³-hybridized carbons (Fsp3) is 0.308. The molecule has 1 aliphatic rings. The zero-order chi connectivity index (χ0) is 13.0. The normalized spacial score (nSPS) is 13.5. The van der Waals surface area contributed by atoms with Crippen LogP contribution >= 0.6 is 0 Å². The van der Waals surface area contributed by atoms with Crippen LogP contribution in [0.25, 0.3) is 0 Å². The van der Waals surface area contributed by atoms with Gasteiger partial charge in [-0.2, -0.15) is 0 Å². The zero-order valence-electron chi connectivity index (χ0n) is 10.1. The van der Waals surface area contributed by atoms with Crippen molar-refractivity contribution < 1.29 is 19.4 Å². The van der Waals surface area contributed by atoms with Crippen LogP contribution in [0.3, 0.4) is 0 Å². The first-order valence-electron chi connectivity index (χ1n) is 5.76. The molecule has 2 N–H and O–H groups in total. The molecular formula is C13H15NO4. The molecule has 0 spiro atoms. The molecule has 0 saturated carbocycles. The molecule has 5 nitrogen and oxygen atoms in total. The molecule has 1 heterocycles. The predicted octanol–water partition coefficient (Wildman–Crippen LogP) is 2.25. The van der Waals surface area contributed by atoms with E-state index in [2.05, 4.69) is 5.32 Å². The van der Waals surface area contributed by atoms with Gasteiger partial charge in [0.25, 0.3) is 0 Å². The van der Waals surface area contributed by atoms with Gasteiger partial charge in [0.1, 0.15) is 0 Å². The van der Waals surface area contributed by atoms with Gasteiger partial charge in [0, 0.05) is 23.9 Å². The Balaban J connectivity index is 1.96. The van der Waals surface area contributed by atoms with E-state index in [0.717, 1.165) is 11.4 Å². The van der Waals surface area contributed by atoms with Gasteiger partial charge < -0.3 is 19.9 Å². The monoisotopic (exact) mass is 249 g/mol. The van der Waals surface area contributed by atoms with Crippen LogP contribution in [0, 0.1) is 0 Å². The fourth-order valence-corrected chi connectivity index (χ4v) is 1.68. The molecule has 0 saturated heterocycles. The highest BCUT2D eigenvalue weighted by atomic mass is 16.7. The quantitative estimate of drug-likeness (QED) is 0.783. The Hall–Kier alpha value is -2.17. The Morgan fingerprint density at radius 1 is 1.44 bits per heavy atom. The van der Waals surface area contributed by atoms with Crippen LogP contribution in [0.2, 0.25) is 0 Å². The number of ether oxygens (including phenoxy) is 2. The van der Waals surface area contributed by atoms with Gasteiger partial charge in [-0.05, 0) is 18.6 Å². The smallest absolute Gasteiger partial charge is 0.331 e. The lowest BCUT2D eigenvalue weighted by Crippen LogP contribution is -2.04. The number of hydrogen-bond donors (Lipinski definition) is 2. The first-order chi connectivity index (χ1) is 8.70. The average Bonchev–Trinajstić information content (AvgIpc) is 2.81. The third kappa shape index (κ3) is 2.74. The van der Waals surface area contributed by atoms with Crippen LogP contribution in [-0.4, -0.2) is 24.4 Å². The topological polar surface area (TPSA) is 67.8 Å². The number of fused-ring (bicyclic) bond motifs is 1. The maximum atomic E-state index is 10.8. The Morgan fingerprint density at radius 2 is 2.22 bits per heavy atom. The van der Waals surface area contributed by atoms with Crippen molar-refractivity contribution in [2.75, 3.05) is 18.7 Å². The van der Waals surface area contributed by atoms with E-state index in [1.54, 1.807) is 6.08 Å². The maximum absolute atomic E-state index is 10.8. The summed E-state index contributed by atoms with van der Waals surface area (Å²) >= 11 is 0. The summed E-state index contributed by atoms with van der Waals surface area (Å²) in [6, 6.07) is 5.53. The number of carbonyl (C=O) groups is 1. The van der Waals surface area contributed by atoms with Crippen LogP contribution in [0.1, 0.15) is 13.3 Å². The molecule has 0 atom stereocenters. The van der Waals surface area contributed by atoms with Gasteiger partial charge >= 0.3 is 5.97 Å². The van der Waals surface area contributed by atoms with Gasteiger partial charge in [0.15, 0.2) is 11.5 Å². The SMILES string of the molecule is CC/C(=C/CNc1ccc2c(c1)OCO2)C(=O)O. The summed E-state index contributed by atoms with van der Waals surface area (Å²) in [5.74, 6) is 0.568. The molecule has 0 fully saturated rings. The number of carboxylic acids is 1. The van der Waals surface area contributed by atoms with Gasteiger partial charge in [0.2, 0.25) is 6.79 Å². The van der Waals surface area contributed by atoms with E-state index < -0.39 is 5.97 Å². The number of carboxylic acid groups (broad SMARTS) is 1. The molecule has 1 aliphatic heterocycles. The van der Waals surface area contributed by atoms with Crippen molar-refractivity contribution in [3.8, 4) is 11.5 Å². The highest BCUT2D eigenvalue weighted by Crippen LogP contribution is 2.34. The number of hydrogen-bond acceptors (Lipinski definition) is 4. The molecule has 1 aromatic carbocycles. The molecule has 0 aromatic heterocycles. The highest BCUT2D eigenvalue weighted by Gasteiger charge is 2.12. The molecule has 5 heteroatoms. The predicted molar refractivity (Wildman–Crippen MR) is 67.1 cm³/mol. The van der Waals surface area contributed by atoms with Crippen molar-refractivity contribution in [3.05, 3.63) is 29.8 Å². The molecule has 2 rings (SSSR count). The Labute approximate surface area is 105 Å². The van der Waals surface area contributed by atoms with E-state index in [1.807, 2.05) is 25.1 Å². The van der Waals surface area contributed by atoms with Crippen molar-refractivity contribution >= 4 is 11.7 Å². The molecule has 0 unspecified atom stereocenters. The van der Waals surface area contributed by atoms with Crippen molar-refractivity contribution in [3.63, 3.8) is 0 Å². The third-order valence-electron chi connectivity index (χ3n) is 2.68. The van der Waals surface area contributed by atoms with E-state index in [9.17, 15) is 4.79 Å². The van der Waals surface area contributed by atoms with Gasteiger partial charge in [-0.25, -0.2) is 4.79 Å². The van der Waals surface area contributed by atoms with Crippen LogP contribution in [-0.2, 0) is 4.79 Å². The van der Waals surface area contributed by atoms with E-state index in [1.165, 1.54) is 0 Å². The van der Waals surface area contributed by atoms with Crippen LogP contribution in [0.4, 0.5) is 5.69 Å². The summed E-state index contributed by atoms with van der Waals surface area (Å²) in [6.07, 6.45) is 2.19. The van der Waals surface area contributed by atoms with Crippen molar-refractivity contribution in [1.29, 1.82) is 0 Å². The first kappa shape index (κ1) is 12.3. The molecule has 0 bridgehead atoms. The number of rotatable bonds is 5. The second-order valence-electron chi connectivity index (χ2n) is 3.84. The van der Waals surface area contributed by atoms with Crippen molar-refractivity contribution in [2.24, 2.45) is 0 Å². The van der Waals surface area contributed by atoms with E-state index >= 15 is 0 Å².